The van der Waals surface area contributed by atoms with Crippen molar-refractivity contribution in [2.45, 2.75) is 20.0 Å². The second kappa shape index (κ2) is 10.2. The van der Waals surface area contributed by atoms with E-state index in [9.17, 15) is 9.59 Å². The summed E-state index contributed by atoms with van der Waals surface area (Å²) in [5.74, 6) is 0.314. The number of aromatic nitrogens is 3. The van der Waals surface area contributed by atoms with Crippen LogP contribution in [-0.4, -0.2) is 33.1 Å². The Morgan fingerprint density at radius 3 is 2.65 bits per heavy atom. The van der Waals surface area contributed by atoms with E-state index in [1.165, 1.54) is 6.26 Å². The highest BCUT2D eigenvalue weighted by atomic mass is 35.5. The Balaban J connectivity index is 1.45. The van der Waals surface area contributed by atoms with Gasteiger partial charge in [0.15, 0.2) is 11.4 Å². The first kappa shape index (κ1) is 24.1. The van der Waals surface area contributed by atoms with E-state index in [0.29, 0.717) is 38.9 Å². The predicted octanol–water partition coefficient (Wildman–Crippen LogP) is 6.75. The third kappa shape index (κ3) is 5.31. The van der Waals surface area contributed by atoms with Crippen molar-refractivity contribution in [3.63, 3.8) is 0 Å². The Bertz CT molecular complexity index is 1590. The van der Waals surface area contributed by atoms with E-state index in [4.69, 9.17) is 20.8 Å². The molecule has 0 unspecified atom stereocenters. The topological polar surface area (TPSA) is 122 Å². The average molecular weight is 516 g/mol. The fraction of sp³-hybridized carbons (Fsp3) is 0.111. The van der Waals surface area contributed by atoms with Crippen LogP contribution in [0.25, 0.3) is 33.7 Å². The van der Waals surface area contributed by atoms with E-state index in [2.05, 4.69) is 25.6 Å². The highest BCUT2D eigenvalue weighted by Crippen LogP contribution is 2.33. The number of halogens is 1. The number of pyridine rings is 1. The van der Waals surface area contributed by atoms with E-state index in [1.807, 2.05) is 24.3 Å². The second-order valence-electron chi connectivity index (χ2n) is 8.43. The van der Waals surface area contributed by atoms with Crippen LogP contribution < -0.4 is 10.6 Å². The molecule has 0 saturated carbocycles. The summed E-state index contributed by atoms with van der Waals surface area (Å²) in [6.07, 6.45) is 2.35. The van der Waals surface area contributed by atoms with Gasteiger partial charge in [-0.05, 0) is 56.3 Å². The molecule has 37 heavy (non-hydrogen) atoms. The first-order valence-corrected chi connectivity index (χ1v) is 11.8. The fourth-order valence-electron chi connectivity index (χ4n) is 3.76. The number of anilines is 2. The number of para-hydroxylation sites is 1. The molecule has 0 aliphatic carbocycles. The summed E-state index contributed by atoms with van der Waals surface area (Å²) in [5.41, 5.74) is 4.43. The summed E-state index contributed by atoms with van der Waals surface area (Å²) in [5, 5.41) is 6.02. The molecule has 0 saturated heterocycles. The lowest BCUT2D eigenvalue weighted by atomic mass is 10.1. The van der Waals surface area contributed by atoms with Crippen LogP contribution in [0.2, 0.25) is 5.02 Å². The van der Waals surface area contributed by atoms with Gasteiger partial charge in [0.05, 0.1) is 28.6 Å². The molecule has 10 heteroatoms. The quantitative estimate of drug-likeness (QED) is 0.230. The van der Waals surface area contributed by atoms with Gasteiger partial charge in [-0.15, -0.1) is 0 Å². The number of nitrogens with one attached hydrogen (secondary N) is 3. The summed E-state index contributed by atoms with van der Waals surface area (Å²) < 4.78 is 10.4. The van der Waals surface area contributed by atoms with Crippen LogP contribution >= 0.6 is 11.6 Å². The van der Waals surface area contributed by atoms with Crippen LogP contribution in [0.5, 0.6) is 0 Å². The van der Waals surface area contributed by atoms with Crippen LogP contribution in [0.15, 0.2) is 77.5 Å². The van der Waals surface area contributed by atoms with E-state index < -0.39 is 6.09 Å². The molecule has 5 aromatic rings. The molecule has 3 aromatic heterocycles. The molecule has 2 aromatic carbocycles. The molecule has 0 aliphatic heterocycles. The first-order chi connectivity index (χ1) is 17.9. The number of imidazole rings is 1. The summed E-state index contributed by atoms with van der Waals surface area (Å²) in [4.78, 5) is 36.9. The van der Waals surface area contributed by atoms with E-state index in [-0.39, 0.29) is 17.8 Å². The van der Waals surface area contributed by atoms with Crippen molar-refractivity contribution in [2.75, 3.05) is 10.6 Å². The van der Waals surface area contributed by atoms with Gasteiger partial charge in [-0.25, -0.2) is 14.8 Å². The molecule has 5 rings (SSSR count). The van der Waals surface area contributed by atoms with Crippen molar-refractivity contribution >= 4 is 46.1 Å². The Labute approximate surface area is 216 Å². The van der Waals surface area contributed by atoms with Gasteiger partial charge in [0.2, 0.25) is 0 Å². The molecule has 0 radical (unpaired) electrons. The normalized spacial score (nSPS) is 11.0. The molecule has 0 aliphatic rings. The number of aromatic amines is 1. The largest absolute Gasteiger partial charge is 0.459 e. The number of fused-ring (bicyclic) bond motifs is 1. The molecular weight excluding hydrogens is 494 g/mol. The SMILES string of the molecule is CC(C)OC(=O)Nc1ccccc1-c1cnc2nc(-c3cc(NC(=O)c4ccco4)ccc3Cl)[nH]c2c1. The monoisotopic (exact) mass is 515 g/mol. The summed E-state index contributed by atoms with van der Waals surface area (Å²) in [7, 11) is 0. The van der Waals surface area contributed by atoms with Crippen LogP contribution in [0.1, 0.15) is 24.4 Å². The second-order valence-corrected chi connectivity index (χ2v) is 8.84. The Morgan fingerprint density at radius 2 is 1.86 bits per heavy atom. The van der Waals surface area contributed by atoms with Gasteiger partial charge in [0.25, 0.3) is 5.91 Å². The zero-order chi connectivity index (χ0) is 25.9. The number of hydrogen-bond donors (Lipinski definition) is 3. The highest BCUT2D eigenvalue weighted by molar-refractivity contribution is 6.33. The fourth-order valence-corrected chi connectivity index (χ4v) is 3.96. The predicted molar refractivity (Wildman–Crippen MR) is 142 cm³/mol. The first-order valence-electron chi connectivity index (χ1n) is 11.4. The van der Waals surface area contributed by atoms with Crippen molar-refractivity contribution in [1.29, 1.82) is 0 Å². The van der Waals surface area contributed by atoms with Gasteiger partial charge in [0.1, 0.15) is 5.82 Å². The lowest BCUT2D eigenvalue weighted by Crippen LogP contribution is -2.18. The number of furan rings is 1. The van der Waals surface area contributed by atoms with Gasteiger partial charge in [0, 0.05) is 28.6 Å². The van der Waals surface area contributed by atoms with Crippen LogP contribution in [-0.2, 0) is 4.74 Å². The summed E-state index contributed by atoms with van der Waals surface area (Å²) in [6.45, 7) is 3.57. The molecule has 2 amide bonds. The maximum atomic E-state index is 12.4. The van der Waals surface area contributed by atoms with Crippen molar-refractivity contribution < 1.29 is 18.7 Å². The number of carbonyl (C=O) groups is 2. The van der Waals surface area contributed by atoms with Gasteiger partial charge in [-0.3, -0.25) is 10.1 Å². The van der Waals surface area contributed by atoms with E-state index in [1.54, 1.807) is 56.4 Å². The molecule has 186 valence electrons. The molecule has 3 N–H and O–H groups in total. The van der Waals surface area contributed by atoms with Crippen molar-refractivity contribution in [2.24, 2.45) is 0 Å². The third-order valence-electron chi connectivity index (χ3n) is 5.38. The van der Waals surface area contributed by atoms with Gasteiger partial charge in [-0.2, -0.15) is 0 Å². The lowest BCUT2D eigenvalue weighted by Gasteiger charge is -2.13. The van der Waals surface area contributed by atoms with E-state index >= 15 is 0 Å². The Kier molecular flexibility index (Phi) is 6.61. The van der Waals surface area contributed by atoms with E-state index in [0.717, 1.165) is 11.1 Å². The molecule has 0 fully saturated rings. The summed E-state index contributed by atoms with van der Waals surface area (Å²) in [6, 6.07) is 17.6. The zero-order valence-corrected chi connectivity index (χ0v) is 20.7. The zero-order valence-electron chi connectivity index (χ0n) is 19.9. The van der Waals surface area contributed by atoms with Gasteiger partial charge in [-0.1, -0.05) is 29.8 Å². The Morgan fingerprint density at radius 1 is 1.03 bits per heavy atom. The summed E-state index contributed by atoms with van der Waals surface area (Å²) >= 11 is 6.46. The minimum atomic E-state index is -0.533. The minimum Gasteiger partial charge on any atom is -0.459 e. The van der Waals surface area contributed by atoms with Gasteiger partial charge < -0.3 is 19.5 Å². The van der Waals surface area contributed by atoms with Crippen LogP contribution in [0, 0.1) is 0 Å². The maximum Gasteiger partial charge on any atom is 0.411 e. The number of H-pyrrole nitrogens is 1. The number of ether oxygens (including phenoxy) is 1. The number of amides is 2. The smallest absolute Gasteiger partial charge is 0.411 e. The third-order valence-corrected chi connectivity index (χ3v) is 5.71. The van der Waals surface area contributed by atoms with Gasteiger partial charge >= 0.3 is 6.09 Å². The van der Waals surface area contributed by atoms with Crippen molar-refractivity contribution in [3.8, 4) is 22.5 Å². The maximum absolute atomic E-state index is 12.4. The molecule has 3 heterocycles. The average Bonchev–Trinajstić information content (AvgIpc) is 3.55. The number of benzene rings is 2. The molecular formula is C27H22ClN5O4. The molecule has 0 bridgehead atoms. The van der Waals surface area contributed by atoms with Crippen LogP contribution in [0.4, 0.5) is 16.2 Å². The van der Waals surface area contributed by atoms with Crippen LogP contribution in [0.3, 0.4) is 0 Å². The standard InChI is InChI=1S/C27H22ClN5O4/c1-15(2)37-27(35)32-21-7-4-3-6-18(21)16-12-22-25(29-14-16)33-24(31-22)19-13-17(9-10-20(19)28)30-26(34)23-8-5-11-36-23/h3-15H,1-2H3,(H,30,34)(H,32,35)(H,29,31,33). The highest BCUT2D eigenvalue weighted by Gasteiger charge is 2.16. The molecule has 0 atom stereocenters. The molecule has 0 spiro atoms. The minimum absolute atomic E-state index is 0.198. The van der Waals surface area contributed by atoms with Crippen molar-refractivity contribution in [1.82, 2.24) is 15.0 Å². The van der Waals surface area contributed by atoms with Crippen molar-refractivity contribution in [3.05, 3.63) is 83.9 Å². The lowest BCUT2D eigenvalue weighted by molar-refractivity contribution is 0.0996. The number of rotatable bonds is 6. The molecule has 9 nitrogen and oxygen atoms in total. The number of carbonyl (C=O) groups excluding carboxylic acids is 2. The Hall–Kier alpha value is -4.63. The number of hydrogen-bond acceptors (Lipinski definition) is 6. The number of nitrogens with zero attached hydrogens (tertiary/aromatic N) is 2.